The molecule has 1 atom stereocenters. The van der Waals surface area contributed by atoms with Gasteiger partial charge in [0.15, 0.2) is 11.5 Å². The van der Waals surface area contributed by atoms with Crippen LogP contribution in [-0.4, -0.2) is 30.1 Å². The van der Waals surface area contributed by atoms with E-state index in [1.165, 1.54) is 11.3 Å². The van der Waals surface area contributed by atoms with Crippen molar-refractivity contribution in [3.63, 3.8) is 0 Å². The number of carbonyl (C=O) groups excluding carboxylic acids is 1. The maximum atomic E-state index is 13.4. The lowest BCUT2D eigenvalue weighted by atomic mass is 9.94. The summed E-state index contributed by atoms with van der Waals surface area (Å²) in [7, 11) is 1.61. The summed E-state index contributed by atoms with van der Waals surface area (Å²) in [6.07, 6.45) is 0. The zero-order chi connectivity index (χ0) is 23.9. The van der Waals surface area contributed by atoms with E-state index in [9.17, 15) is 4.79 Å². The van der Waals surface area contributed by atoms with Crippen LogP contribution in [0.4, 0.5) is 10.5 Å². The summed E-state index contributed by atoms with van der Waals surface area (Å²) < 4.78 is 22.0. The highest BCUT2D eigenvalue weighted by molar-refractivity contribution is 7.13. The van der Waals surface area contributed by atoms with Crippen LogP contribution in [0, 0.1) is 0 Å². The van der Waals surface area contributed by atoms with E-state index in [4.69, 9.17) is 18.7 Å². The van der Waals surface area contributed by atoms with Gasteiger partial charge in [-0.2, -0.15) is 4.98 Å². The number of allylic oxidation sites excluding steroid dienone is 1. The zero-order valence-corrected chi connectivity index (χ0v) is 19.7. The Hall–Kier alpha value is -4.31. The van der Waals surface area contributed by atoms with Gasteiger partial charge in [0.1, 0.15) is 5.75 Å². The summed E-state index contributed by atoms with van der Waals surface area (Å²) in [6.45, 7) is 2.02. The summed E-state index contributed by atoms with van der Waals surface area (Å²) in [5.41, 5.74) is 2.85. The maximum Gasteiger partial charge on any atom is 0.327 e. The van der Waals surface area contributed by atoms with Crippen LogP contribution in [-0.2, 0) is 0 Å². The van der Waals surface area contributed by atoms with Gasteiger partial charge in [0, 0.05) is 11.8 Å². The summed E-state index contributed by atoms with van der Waals surface area (Å²) in [4.78, 5) is 20.5. The first-order valence-corrected chi connectivity index (χ1v) is 11.7. The van der Waals surface area contributed by atoms with Crippen molar-refractivity contribution in [1.29, 1.82) is 0 Å². The third-order valence-corrected chi connectivity index (χ3v) is 6.81. The Balaban J connectivity index is 1.48. The fourth-order valence-corrected chi connectivity index (χ4v) is 4.89. The van der Waals surface area contributed by atoms with Crippen LogP contribution in [0.25, 0.3) is 16.3 Å². The van der Waals surface area contributed by atoms with Crippen molar-refractivity contribution in [3.05, 3.63) is 77.1 Å². The van der Waals surface area contributed by atoms with Crippen molar-refractivity contribution in [2.24, 2.45) is 0 Å². The average molecular weight is 489 g/mol. The normalized spacial score (nSPS) is 17.0. The van der Waals surface area contributed by atoms with E-state index >= 15 is 0 Å². The van der Waals surface area contributed by atoms with Gasteiger partial charge in [0.2, 0.25) is 12.6 Å². The van der Waals surface area contributed by atoms with Crippen LogP contribution < -0.4 is 24.4 Å². The molecule has 2 aliphatic heterocycles. The van der Waals surface area contributed by atoms with Crippen LogP contribution in [0.15, 0.2) is 70.2 Å². The predicted octanol–water partition coefficient (Wildman–Crippen LogP) is 5.24. The van der Waals surface area contributed by atoms with Crippen molar-refractivity contribution >= 4 is 28.6 Å². The largest absolute Gasteiger partial charge is 0.497 e. The Morgan fingerprint density at radius 3 is 2.71 bits per heavy atom. The number of nitrogens with one attached hydrogen (secondary N) is 1. The average Bonchev–Trinajstić information content (AvgIpc) is 3.65. The number of ether oxygens (including phenoxy) is 3. The Morgan fingerprint density at radius 2 is 1.94 bits per heavy atom. The number of benzene rings is 2. The molecule has 0 radical (unpaired) electrons. The molecule has 10 heteroatoms. The first kappa shape index (κ1) is 21.2. The maximum absolute atomic E-state index is 13.4. The smallest absolute Gasteiger partial charge is 0.327 e. The quantitative estimate of drug-likeness (QED) is 0.410. The van der Waals surface area contributed by atoms with Gasteiger partial charge >= 0.3 is 6.03 Å². The number of hydrogen-bond acceptors (Lipinski definition) is 8. The molecule has 1 N–H and O–H groups in total. The SMILES string of the molecule is COc1ccc(C2NC(=O)N(c3ccc4c(c3)OCO4)C(C)=C2c2nc(-c3cccs3)no2)cc1. The Morgan fingerprint density at radius 1 is 1.11 bits per heavy atom. The van der Waals surface area contributed by atoms with Gasteiger partial charge in [-0.1, -0.05) is 23.4 Å². The summed E-state index contributed by atoms with van der Waals surface area (Å²) >= 11 is 1.53. The third kappa shape index (κ3) is 3.68. The Labute approximate surface area is 204 Å². The molecular weight excluding hydrogens is 468 g/mol. The monoisotopic (exact) mass is 488 g/mol. The van der Waals surface area contributed by atoms with E-state index in [0.29, 0.717) is 40.2 Å². The van der Waals surface area contributed by atoms with E-state index in [1.807, 2.05) is 54.8 Å². The number of aromatic nitrogens is 2. The second-order valence-corrected chi connectivity index (χ2v) is 8.88. The number of fused-ring (bicyclic) bond motifs is 1. The van der Waals surface area contributed by atoms with Gasteiger partial charge in [-0.25, -0.2) is 4.79 Å². The molecule has 6 rings (SSSR count). The highest BCUT2D eigenvalue weighted by Gasteiger charge is 2.37. The molecule has 2 aromatic heterocycles. The molecule has 0 spiro atoms. The van der Waals surface area contributed by atoms with Crippen LogP contribution in [0.2, 0.25) is 0 Å². The number of hydrogen-bond donors (Lipinski definition) is 1. The molecule has 0 bridgehead atoms. The molecule has 176 valence electrons. The number of thiophene rings is 1. The minimum Gasteiger partial charge on any atom is -0.497 e. The van der Waals surface area contributed by atoms with E-state index in [0.717, 1.165) is 16.2 Å². The first-order chi connectivity index (χ1) is 17.1. The second kappa shape index (κ2) is 8.48. The van der Waals surface area contributed by atoms with Gasteiger partial charge in [-0.05, 0) is 48.2 Å². The summed E-state index contributed by atoms with van der Waals surface area (Å²) in [5.74, 6) is 2.77. The van der Waals surface area contributed by atoms with Gasteiger partial charge in [-0.15, -0.1) is 11.3 Å². The lowest BCUT2D eigenvalue weighted by molar-refractivity contribution is 0.174. The predicted molar refractivity (Wildman–Crippen MR) is 130 cm³/mol. The van der Waals surface area contributed by atoms with E-state index in [-0.39, 0.29) is 12.8 Å². The standard InChI is InChI=1S/C25H20N4O5S/c1-14-21(24-27-23(28-34-24)20-4-3-11-35-20)22(15-5-8-17(31-2)9-6-15)26-25(30)29(14)16-7-10-18-19(12-16)33-13-32-18/h3-12,22H,13H2,1-2H3,(H,26,30). The Bertz CT molecular complexity index is 1430. The van der Waals surface area contributed by atoms with Crippen molar-refractivity contribution in [2.75, 3.05) is 18.8 Å². The molecule has 1 unspecified atom stereocenters. The molecule has 0 saturated carbocycles. The number of nitrogens with zero attached hydrogens (tertiary/aromatic N) is 3. The van der Waals surface area contributed by atoms with Gasteiger partial charge in [0.05, 0.1) is 29.3 Å². The highest BCUT2D eigenvalue weighted by atomic mass is 32.1. The van der Waals surface area contributed by atoms with E-state index in [2.05, 4.69) is 15.5 Å². The van der Waals surface area contributed by atoms with Crippen LogP contribution >= 0.6 is 11.3 Å². The molecule has 4 aromatic rings. The second-order valence-electron chi connectivity index (χ2n) is 7.93. The van der Waals surface area contributed by atoms with Gasteiger partial charge in [0.25, 0.3) is 5.89 Å². The first-order valence-electron chi connectivity index (χ1n) is 10.9. The van der Waals surface area contributed by atoms with Crippen molar-refractivity contribution in [3.8, 4) is 28.0 Å². The van der Waals surface area contributed by atoms with E-state index < -0.39 is 6.04 Å². The molecule has 35 heavy (non-hydrogen) atoms. The lowest BCUT2D eigenvalue weighted by Gasteiger charge is -2.35. The minimum absolute atomic E-state index is 0.151. The fraction of sp³-hybridized carbons (Fsp3) is 0.160. The molecule has 0 fully saturated rings. The fourth-order valence-electron chi connectivity index (χ4n) is 4.24. The molecule has 0 aliphatic carbocycles. The minimum atomic E-state index is -0.504. The molecule has 2 aliphatic rings. The van der Waals surface area contributed by atoms with Crippen molar-refractivity contribution in [1.82, 2.24) is 15.5 Å². The number of rotatable bonds is 5. The molecule has 2 aromatic carbocycles. The summed E-state index contributed by atoms with van der Waals surface area (Å²) in [6, 6.07) is 16.0. The third-order valence-electron chi connectivity index (χ3n) is 5.95. The van der Waals surface area contributed by atoms with Crippen LogP contribution in [0.3, 0.4) is 0 Å². The zero-order valence-electron chi connectivity index (χ0n) is 18.8. The van der Waals surface area contributed by atoms with Gasteiger partial charge < -0.3 is 24.1 Å². The van der Waals surface area contributed by atoms with Crippen LogP contribution in [0.5, 0.6) is 17.2 Å². The van der Waals surface area contributed by atoms with E-state index in [1.54, 1.807) is 24.1 Å². The van der Waals surface area contributed by atoms with Crippen molar-refractivity contribution in [2.45, 2.75) is 13.0 Å². The number of anilines is 1. The molecule has 9 nitrogen and oxygen atoms in total. The molecule has 4 heterocycles. The lowest BCUT2D eigenvalue weighted by Crippen LogP contribution is -2.46. The highest BCUT2D eigenvalue weighted by Crippen LogP contribution is 2.42. The number of amides is 2. The number of urea groups is 1. The summed E-state index contributed by atoms with van der Waals surface area (Å²) in [5, 5.41) is 9.25. The molecular formula is C25H20N4O5S. The topological polar surface area (TPSA) is 99.0 Å². The molecule has 0 saturated heterocycles. The number of carbonyl (C=O) groups is 1. The van der Waals surface area contributed by atoms with Crippen molar-refractivity contribution < 1.29 is 23.5 Å². The Kier molecular flexibility index (Phi) is 5.14. The van der Waals surface area contributed by atoms with Crippen LogP contribution in [0.1, 0.15) is 24.4 Å². The van der Waals surface area contributed by atoms with Gasteiger partial charge in [-0.3, -0.25) is 4.90 Å². The molecule has 2 amide bonds. The number of methoxy groups -OCH3 is 1.